The number of benzene rings is 1. The van der Waals surface area contributed by atoms with E-state index in [4.69, 9.17) is 5.11 Å². The van der Waals surface area contributed by atoms with Gasteiger partial charge in [0, 0.05) is 0 Å². The van der Waals surface area contributed by atoms with E-state index in [-0.39, 0.29) is 12.0 Å². The smallest absolute Gasteiger partial charge is 0.416 e. The summed E-state index contributed by atoms with van der Waals surface area (Å²) in [5.74, 6) is -2.30. The second-order valence-electron chi connectivity index (χ2n) is 4.66. The highest BCUT2D eigenvalue weighted by molar-refractivity contribution is 5.71. The van der Waals surface area contributed by atoms with Gasteiger partial charge in [0.15, 0.2) is 0 Å². The Balaban J connectivity index is 3.00. The van der Waals surface area contributed by atoms with Gasteiger partial charge in [0.2, 0.25) is 0 Å². The zero-order valence-electron chi connectivity index (χ0n) is 11.0. The molecule has 0 aliphatic rings. The molecule has 0 bridgehead atoms. The van der Waals surface area contributed by atoms with E-state index in [9.17, 15) is 23.1 Å². The maximum Gasteiger partial charge on any atom is 0.416 e. The van der Waals surface area contributed by atoms with E-state index in [0.29, 0.717) is 6.42 Å². The van der Waals surface area contributed by atoms with Gasteiger partial charge in [-0.3, -0.25) is 4.79 Å². The molecule has 112 valence electrons. The number of halogens is 3. The lowest BCUT2D eigenvalue weighted by Gasteiger charge is -2.20. The predicted molar refractivity (Wildman–Crippen MR) is 67.1 cm³/mol. The molecule has 0 amide bonds. The lowest BCUT2D eigenvalue weighted by Crippen LogP contribution is -2.22. The summed E-state index contributed by atoms with van der Waals surface area (Å²) in [5, 5.41) is 19.1. The number of unbranched alkanes of at least 4 members (excludes halogenated alkanes) is 1. The number of hydrogen-bond acceptors (Lipinski definition) is 2. The molecule has 1 aromatic rings. The number of carboxylic acids is 1. The Morgan fingerprint density at radius 3 is 2.50 bits per heavy atom. The lowest BCUT2D eigenvalue weighted by molar-refractivity contribution is -0.146. The predicted octanol–water partition coefficient (Wildman–Crippen LogP) is 3.63. The molecular weight excluding hydrogens is 273 g/mol. The second kappa shape index (κ2) is 6.74. The van der Waals surface area contributed by atoms with Crippen LogP contribution in [0.25, 0.3) is 0 Å². The molecule has 0 aliphatic carbocycles. The Kier molecular flexibility index (Phi) is 5.56. The van der Waals surface area contributed by atoms with Gasteiger partial charge in [-0.2, -0.15) is 13.2 Å². The number of carbonyl (C=O) groups is 1. The van der Waals surface area contributed by atoms with E-state index in [1.54, 1.807) is 0 Å². The molecule has 6 heteroatoms. The highest BCUT2D eigenvalue weighted by Crippen LogP contribution is 2.33. The van der Waals surface area contributed by atoms with Crippen LogP contribution in [0.3, 0.4) is 0 Å². The average Bonchev–Trinajstić information content (AvgIpc) is 2.37. The van der Waals surface area contributed by atoms with Crippen molar-refractivity contribution in [3.63, 3.8) is 0 Å². The van der Waals surface area contributed by atoms with Crippen LogP contribution in [-0.2, 0) is 11.0 Å². The van der Waals surface area contributed by atoms with Crippen LogP contribution in [-0.4, -0.2) is 16.2 Å². The first kappa shape index (κ1) is 16.5. The summed E-state index contributed by atoms with van der Waals surface area (Å²) >= 11 is 0. The summed E-state index contributed by atoms with van der Waals surface area (Å²) in [6.45, 7) is 1.87. The normalized spacial score (nSPS) is 14.8. The third kappa shape index (κ3) is 4.23. The second-order valence-corrected chi connectivity index (χ2v) is 4.66. The van der Waals surface area contributed by atoms with Gasteiger partial charge in [0.05, 0.1) is 17.6 Å². The van der Waals surface area contributed by atoms with Crippen LogP contribution in [0.2, 0.25) is 0 Å². The fourth-order valence-electron chi connectivity index (χ4n) is 1.97. The number of aliphatic carboxylic acids is 1. The quantitative estimate of drug-likeness (QED) is 0.841. The van der Waals surface area contributed by atoms with Gasteiger partial charge in [0.1, 0.15) is 0 Å². The van der Waals surface area contributed by atoms with Gasteiger partial charge in [-0.1, -0.05) is 31.9 Å². The number of carboxylic acid groups (broad SMARTS) is 1. The van der Waals surface area contributed by atoms with E-state index in [2.05, 4.69) is 0 Å². The van der Waals surface area contributed by atoms with Crippen molar-refractivity contribution < 1.29 is 28.2 Å². The summed E-state index contributed by atoms with van der Waals surface area (Å²) in [5.41, 5.74) is -0.919. The molecule has 0 saturated heterocycles. The average molecular weight is 290 g/mol. The first-order valence-electron chi connectivity index (χ1n) is 6.35. The van der Waals surface area contributed by atoms with Crippen molar-refractivity contribution in [2.75, 3.05) is 0 Å². The molecule has 2 N–H and O–H groups in total. The molecule has 2 unspecified atom stereocenters. The SMILES string of the molecule is CCCCC(C(=O)O)C(O)c1cccc(C(F)(F)F)c1. The van der Waals surface area contributed by atoms with Crippen molar-refractivity contribution in [2.24, 2.45) is 5.92 Å². The van der Waals surface area contributed by atoms with E-state index in [1.165, 1.54) is 12.1 Å². The Hall–Kier alpha value is -1.56. The molecule has 0 saturated carbocycles. The van der Waals surface area contributed by atoms with E-state index in [0.717, 1.165) is 18.6 Å². The molecule has 2 atom stereocenters. The molecule has 0 aliphatic heterocycles. The van der Waals surface area contributed by atoms with Crippen LogP contribution < -0.4 is 0 Å². The van der Waals surface area contributed by atoms with Crippen LogP contribution in [0.15, 0.2) is 24.3 Å². The maximum absolute atomic E-state index is 12.6. The molecule has 1 aromatic carbocycles. The van der Waals surface area contributed by atoms with Crippen LogP contribution in [0, 0.1) is 5.92 Å². The summed E-state index contributed by atoms with van der Waals surface area (Å²) in [6.07, 6.45) is -4.39. The summed E-state index contributed by atoms with van der Waals surface area (Å²) in [7, 11) is 0. The van der Waals surface area contributed by atoms with Gasteiger partial charge < -0.3 is 10.2 Å². The Morgan fingerprint density at radius 1 is 1.35 bits per heavy atom. The minimum atomic E-state index is -4.52. The molecule has 0 spiro atoms. The van der Waals surface area contributed by atoms with Crippen LogP contribution >= 0.6 is 0 Å². The van der Waals surface area contributed by atoms with Gasteiger partial charge >= 0.3 is 12.1 Å². The number of rotatable bonds is 6. The fourth-order valence-corrected chi connectivity index (χ4v) is 1.97. The number of alkyl halides is 3. The van der Waals surface area contributed by atoms with Crippen LogP contribution in [0.1, 0.15) is 43.4 Å². The van der Waals surface area contributed by atoms with Crippen molar-refractivity contribution in [3.8, 4) is 0 Å². The minimum absolute atomic E-state index is 0.0247. The molecule has 1 rings (SSSR count). The van der Waals surface area contributed by atoms with Gasteiger partial charge in [-0.25, -0.2) is 0 Å². The summed E-state index contributed by atoms with van der Waals surface area (Å²) in [4.78, 5) is 11.1. The van der Waals surface area contributed by atoms with Crippen LogP contribution in [0.5, 0.6) is 0 Å². The standard InChI is InChI=1S/C14H17F3O3/c1-2-3-7-11(13(19)20)12(18)9-5-4-6-10(8-9)14(15,16)17/h4-6,8,11-12,18H,2-3,7H2,1H3,(H,19,20). The van der Waals surface area contributed by atoms with Gasteiger partial charge in [-0.15, -0.1) is 0 Å². The zero-order chi connectivity index (χ0) is 15.3. The summed E-state index contributed by atoms with van der Waals surface area (Å²) in [6, 6.07) is 4.16. The Bertz CT molecular complexity index is 457. The third-order valence-corrected chi connectivity index (χ3v) is 3.12. The Morgan fingerprint density at radius 2 is 2.00 bits per heavy atom. The molecule has 3 nitrogen and oxygen atoms in total. The number of hydrogen-bond donors (Lipinski definition) is 2. The largest absolute Gasteiger partial charge is 0.481 e. The van der Waals surface area contributed by atoms with Gasteiger partial charge in [-0.05, 0) is 24.1 Å². The lowest BCUT2D eigenvalue weighted by atomic mass is 9.90. The van der Waals surface area contributed by atoms with Crippen molar-refractivity contribution in [1.82, 2.24) is 0 Å². The molecule has 0 heterocycles. The molecule has 0 aromatic heterocycles. The maximum atomic E-state index is 12.6. The zero-order valence-corrected chi connectivity index (χ0v) is 11.0. The monoisotopic (exact) mass is 290 g/mol. The molecule has 20 heavy (non-hydrogen) atoms. The number of aliphatic hydroxyl groups is 1. The summed E-state index contributed by atoms with van der Waals surface area (Å²) < 4.78 is 37.8. The van der Waals surface area contributed by atoms with Crippen molar-refractivity contribution >= 4 is 5.97 Å². The van der Waals surface area contributed by atoms with E-state index >= 15 is 0 Å². The Labute approximate surface area is 115 Å². The van der Waals surface area contributed by atoms with Crippen LogP contribution in [0.4, 0.5) is 13.2 Å². The molecule has 0 fully saturated rings. The van der Waals surface area contributed by atoms with E-state index < -0.39 is 29.7 Å². The first-order chi connectivity index (χ1) is 9.27. The van der Waals surface area contributed by atoms with Crippen molar-refractivity contribution in [2.45, 2.75) is 38.5 Å². The van der Waals surface area contributed by atoms with Crippen molar-refractivity contribution in [1.29, 1.82) is 0 Å². The highest BCUT2D eigenvalue weighted by Gasteiger charge is 2.33. The van der Waals surface area contributed by atoms with Crippen molar-refractivity contribution in [3.05, 3.63) is 35.4 Å². The fraction of sp³-hybridized carbons (Fsp3) is 0.500. The first-order valence-corrected chi connectivity index (χ1v) is 6.35. The van der Waals surface area contributed by atoms with Gasteiger partial charge in [0.25, 0.3) is 0 Å². The van der Waals surface area contributed by atoms with E-state index in [1.807, 2.05) is 6.92 Å². The topological polar surface area (TPSA) is 57.5 Å². The molecular formula is C14H17F3O3. The minimum Gasteiger partial charge on any atom is -0.481 e. The molecule has 0 radical (unpaired) electrons. The number of aliphatic hydroxyl groups excluding tert-OH is 1. The highest BCUT2D eigenvalue weighted by atomic mass is 19.4. The third-order valence-electron chi connectivity index (χ3n) is 3.12.